The fraction of sp³-hybridized carbons (Fsp3) is 0.143. The van der Waals surface area contributed by atoms with E-state index in [1.165, 1.54) is 11.8 Å². The van der Waals surface area contributed by atoms with Crippen molar-refractivity contribution in [2.24, 2.45) is 0 Å². The van der Waals surface area contributed by atoms with Crippen molar-refractivity contribution >= 4 is 56.5 Å². The minimum atomic E-state index is -0.0391. The zero-order valence-electron chi connectivity index (χ0n) is 15.2. The maximum Gasteiger partial charge on any atom is 0.267 e. The van der Waals surface area contributed by atoms with Crippen LogP contribution in [0.1, 0.15) is 16.0 Å². The highest BCUT2D eigenvalue weighted by atomic mass is 35.5. The van der Waals surface area contributed by atoms with Gasteiger partial charge in [-0.05, 0) is 49.2 Å². The van der Waals surface area contributed by atoms with Gasteiger partial charge in [0.2, 0.25) is 0 Å². The average Bonchev–Trinajstić information content (AvgIpc) is 2.96. The summed E-state index contributed by atoms with van der Waals surface area (Å²) in [6, 6.07) is 15.1. The number of para-hydroxylation sites is 1. The molecule has 0 unspecified atom stereocenters. The summed E-state index contributed by atoms with van der Waals surface area (Å²) in [5.74, 6) is 0.587. The molecule has 0 aliphatic heterocycles. The Labute approximate surface area is 181 Å². The molecular formula is C21H16Cl2N2OS2. The SMILES string of the molecule is Cc1sc2nc(SCc3ccc(Cl)cc3Cl)n(-c3ccccc3)c(=O)c2c1C. The van der Waals surface area contributed by atoms with E-state index in [9.17, 15) is 4.79 Å². The van der Waals surface area contributed by atoms with Crippen molar-refractivity contribution in [1.29, 1.82) is 0 Å². The van der Waals surface area contributed by atoms with E-state index >= 15 is 0 Å². The molecule has 0 aliphatic rings. The molecule has 0 radical (unpaired) electrons. The lowest BCUT2D eigenvalue weighted by Gasteiger charge is -2.12. The second kappa shape index (κ2) is 7.91. The van der Waals surface area contributed by atoms with Crippen molar-refractivity contribution in [3.05, 3.63) is 84.9 Å². The van der Waals surface area contributed by atoms with Gasteiger partial charge in [0.1, 0.15) is 4.83 Å². The smallest absolute Gasteiger partial charge is 0.267 e. The molecule has 3 nitrogen and oxygen atoms in total. The van der Waals surface area contributed by atoms with E-state index in [1.54, 1.807) is 22.0 Å². The molecule has 4 aromatic rings. The third-order valence-electron chi connectivity index (χ3n) is 4.56. The highest BCUT2D eigenvalue weighted by Crippen LogP contribution is 2.32. The van der Waals surface area contributed by atoms with Crippen molar-refractivity contribution in [2.75, 3.05) is 0 Å². The van der Waals surface area contributed by atoms with E-state index in [0.717, 1.165) is 26.5 Å². The van der Waals surface area contributed by atoms with Crippen molar-refractivity contribution in [3.8, 4) is 5.69 Å². The van der Waals surface area contributed by atoms with E-state index in [2.05, 4.69) is 0 Å². The molecule has 7 heteroatoms. The van der Waals surface area contributed by atoms with Crippen molar-refractivity contribution in [3.63, 3.8) is 0 Å². The largest absolute Gasteiger partial charge is 0.268 e. The summed E-state index contributed by atoms with van der Waals surface area (Å²) in [6.07, 6.45) is 0. The Morgan fingerprint density at radius 3 is 2.57 bits per heavy atom. The van der Waals surface area contributed by atoms with E-state index in [-0.39, 0.29) is 5.56 Å². The number of hydrogen-bond donors (Lipinski definition) is 0. The van der Waals surface area contributed by atoms with Crippen LogP contribution >= 0.6 is 46.3 Å². The van der Waals surface area contributed by atoms with Crippen LogP contribution in [-0.4, -0.2) is 9.55 Å². The molecule has 0 amide bonds. The Bertz CT molecular complexity index is 1230. The van der Waals surface area contributed by atoms with E-state index in [0.29, 0.717) is 26.3 Å². The van der Waals surface area contributed by atoms with Gasteiger partial charge in [0, 0.05) is 20.7 Å². The van der Waals surface area contributed by atoms with Gasteiger partial charge in [0.25, 0.3) is 5.56 Å². The second-order valence-electron chi connectivity index (χ2n) is 6.36. The summed E-state index contributed by atoms with van der Waals surface area (Å²) in [4.78, 5) is 20.1. The molecule has 0 saturated heterocycles. The van der Waals surface area contributed by atoms with E-state index in [4.69, 9.17) is 28.2 Å². The van der Waals surface area contributed by atoms with Gasteiger partial charge >= 0.3 is 0 Å². The van der Waals surface area contributed by atoms with Crippen LogP contribution in [0, 0.1) is 13.8 Å². The van der Waals surface area contributed by atoms with Gasteiger partial charge in [-0.25, -0.2) is 4.98 Å². The first-order chi connectivity index (χ1) is 13.5. The number of hydrogen-bond acceptors (Lipinski definition) is 4. The molecule has 0 N–H and O–H groups in total. The van der Waals surface area contributed by atoms with Gasteiger partial charge in [-0.15, -0.1) is 11.3 Å². The molecule has 2 heterocycles. The van der Waals surface area contributed by atoms with Crippen molar-refractivity contribution < 1.29 is 0 Å². The monoisotopic (exact) mass is 446 g/mol. The fourth-order valence-corrected chi connectivity index (χ4v) is 5.60. The summed E-state index contributed by atoms with van der Waals surface area (Å²) in [5.41, 5.74) is 2.71. The van der Waals surface area contributed by atoms with Crippen LogP contribution in [0.2, 0.25) is 10.0 Å². The van der Waals surface area contributed by atoms with Crippen molar-refractivity contribution in [2.45, 2.75) is 24.8 Å². The number of rotatable bonds is 4. The minimum absolute atomic E-state index is 0.0391. The number of thiophene rings is 1. The standard InChI is InChI=1S/C21H16Cl2N2OS2/c1-12-13(2)28-19-18(12)20(26)25(16-6-4-3-5-7-16)21(24-19)27-11-14-8-9-15(22)10-17(14)23/h3-10H,11H2,1-2H3. The molecule has 0 spiro atoms. The fourth-order valence-electron chi connectivity index (χ4n) is 2.96. The first-order valence-corrected chi connectivity index (χ1v) is 11.2. The van der Waals surface area contributed by atoms with Gasteiger partial charge in [-0.1, -0.05) is 59.2 Å². The number of halogens is 2. The molecule has 28 heavy (non-hydrogen) atoms. The summed E-state index contributed by atoms with van der Waals surface area (Å²) < 4.78 is 1.69. The maximum atomic E-state index is 13.4. The van der Waals surface area contributed by atoms with Crippen LogP contribution in [0.15, 0.2) is 58.5 Å². The van der Waals surface area contributed by atoms with Crippen LogP contribution in [0.5, 0.6) is 0 Å². The Hall–Kier alpha value is -1.79. The quantitative estimate of drug-likeness (QED) is 0.259. The molecule has 2 aromatic carbocycles. The number of fused-ring (bicyclic) bond motifs is 1. The third-order valence-corrected chi connectivity index (χ3v) is 7.23. The molecule has 0 atom stereocenters. The molecule has 0 aliphatic carbocycles. The highest BCUT2D eigenvalue weighted by Gasteiger charge is 2.18. The zero-order valence-corrected chi connectivity index (χ0v) is 18.3. The lowest BCUT2D eigenvalue weighted by atomic mass is 10.2. The van der Waals surface area contributed by atoms with Gasteiger partial charge in [-0.3, -0.25) is 9.36 Å². The van der Waals surface area contributed by atoms with Crippen LogP contribution in [0.4, 0.5) is 0 Å². The molecule has 4 rings (SSSR count). The second-order valence-corrected chi connectivity index (χ2v) is 9.35. The summed E-state index contributed by atoms with van der Waals surface area (Å²) in [5, 5.41) is 2.55. The molecule has 2 aromatic heterocycles. The molecular weight excluding hydrogens is 431 g/mol. The van der Waals surface area contributed by atoms with Crippen LogP contribution in [0.3, 0.4) is 0 Å². The molecule has 142 valence electrons. The van der Waals surface area contributed by atoms with Crippen LogP contribution in [-0.2, 0) is 5.75 Å². The molecule has 0 fully saturated rings. The van der Waals surface area contributed by atoms with Crippen LogP contribution < -0.4 is 5.56 Å². The Balaban J connectivity index is 1.85. The number of aromatic nitrogens is 2. The average molecular weight is 447 g/mol. The third kappa shape index (κ3) is 3.60. The Morgan fingerprint density at radius 2 is 1.86 bits per heavy atom. The predicted octanol–water partition coefficient (Wildman–Crippen LogP) is 6.66. The lowest BCUT2D eigenvalue weighted by molar-refractivity contribution is 0.822. The van der Waals surface area contributed by atoms with Gasteiger partial charge < -0.3 is 0 Å². The van der Waals surface area contributed by atoms with Crippen molar-refractivity contribution in [1.82, 2.24) is 9.55 Å². The Morgan fingerprint density at radius 1 is 1.11 bits per heavy atom. The first-order valence-electron chi connectivity index (χ1n) is 8.60. The number of benzene rings is 2. The molecule has 0 saturated carbocycles. The zero-order chi connectivity index (χ0) is 19.8. The predicted molar refractivity (Wildman–Crippen MR) is 121 cm³/mol. The van der Waals surface area contributed by atoms with E-state index < -0.39 is 0 Å². The summed E-state index contributed by atoms with van der Waals surface area (Å²) >= 11 is 15.4. The first kappa shape index (κ1) is 19.5. The summed E-state index contributed by atoms with van der Waals surface area (Å²) in [7, 11) is 0. The maximum absolute atomic E-state index is 13.4. The topological polar surface area (TPSA) is 34.9 Å². The normalized spacial score (nSPS) is 11.3. The van der Waals surface area contributed by atoms with Gasteiger partial charge in [0.05, 0.1) is 11.1 Å². The summed E-state index contributed by atoms with van der Waals surface area (Å²) in [6.45, 7) is 4.00. The van der Waals surface area contributed by atoms with Gasteiger partial charge in [-0.2, -0.15) is 0 Å². The number of thioether (sulfide) groups is 1. The van der Waals surface area contributed by atoms with Crippen LogP contribution in [0.25, 0.3) is 15.9 Å². The lowest BCUT2D eigenvalue weighted by Crippen LogP contribution is -2.21. The minimum Gasteiger partial charge on any atom is -0.268 e. The highest BCUT2D eigenvalue weighted by molar-refractivity contribution is 7.98. The Kier molecular flexibility index (Phi) is 5.52. The van der Waals surface area contributed by atoms with Gasteiger partial charge in [0.15, 0.2) is 5.16 Å². The number of aryl methyl sites for hydroxylation is 2. The molecule has 0 bridgehead atoms. The van der Waals surface area contributed by atoms with E-state index in [1.807, 2.05) is 56.3 Å². The number of nitrogens with zero attached hydrogens (tertiary/aromatic N) is 2.